The van der Waals surface area contributed by atoms with Gasteiger partial charge in [0.1, 0.15) is 0 Å². The molecule has 2 rings (SSSR count). The number of rotatable bonds is 3. The van der Waals surface area contributed by atoms with E-state index >= 15 is 0 Å². The lowest BCUT2D eigenvalue weighted by Gasteiger charge is -2.11. The van der Waals surface area contributed by atoms with Crippen LogP contribution in [0.15, 0.2) is 22.7 Å². The molecule has 0 fully saturated rings. The molecule has 0 amide bonds. The largest absolute Gasteiger partial charge is 0.387 e. The summed E-state index contributed by atoms with van der Waals surface area (Å²) in [7, 11) is 0. The Morgan fingerprint density at radius 3 is 2.72 bits per heavy atom. The second kappa shape index (κ2) is 5.70. The molecule has 1 aromatic heterocycles. The summed E-state index contributed by atoms with van der Waals surface area (Å²) in [5.41, 5.74) is 1.84. The maximum Gasteiger partial charge on any atom is 0.0941 e. The normalized spacial score (nSPS) is 12.7. The fraction of sp³-hybridized carbons (Fsp3) is 0.308. The summed E-state index contributed by atoms with van der Waals surface area (Å²) in [6.07, 6.45) is -0.0379. The van der Waals surface area contributed by atoms with Gasteiger partial charge in [-0.3, -0.25) is 0 Å². The predicted molar refractivity (Wildman–Crippen MR) is 79.4 cm³/mol. The van der Waals surface area contributed by atoms with Crippen LogP contribution in [0, 0.1) is 13.8 Å². The number of aryl methyl sites for hydroxylation is 2. The van der Waals surface area contributed by atoms with E-state index < -0.39 is 6.10 Å². The maximum absolute atomic E-state index is 10.3. The lowest BCUT2D eigenvalue weighted by atomic mass is 10.1. The number of aliphatic hydroxyl groups is 1. The van der Waals surface area contributed by atoms with Crippen LogP contribution < -0.4 is 0 Å². The fourth-order valence-electron chi connectivity index (χ4n) is 1.84. The highest BCUT2D eigenvalue weighted by molar-refractivity contribution is 9.10. The van der Waals surface area contributed by atoms with E-state index in [1.807, 2.05) is 32.0 Å². The van der Waals surface area contributed by atoms with E-state index in [2.05, 4.69) is 20.9 Å². The molecule has 0 radical (unpaired) electrons. The van der Waals surface area contributed by atoms with Gasteiger partial charge in [-0.15, -0.1) is 11.3 Å². The Morgan fingerprint density at radius 1 is 1.44 bits per heavy atom. The van der Waals surface area contributed by atoms with Gasteiger partial charge in [0.2, 0.25) is 0 Å². The van der Waals surface area contributed by atoms with Gasteiger partial charge in [0.25, 0.3) is 0 Å². The minimum atomic E-state index is -0.546. The molecule has 1 unspecified atom stereocenters. The highest BCUT2D eigenvalue weighted by Crippen LogP contribution is 2.30. The van der Waals surface area contributed by atoms with Gasteiger partial charge in [0.05, 0.1) is 21.7 Å². The molecule has 1 aromatic carbocycles. The SMILES string of the molecule is Cc1nc(C)c(C(O)Cc2ccc(Br)cc2Cl)s1. The van der Waals surface area contributed by atoms with E-state index in [0.29, 0.717) is 11.4 Å². The highest BCUT2D eigenvalue weighted by Gasteiger charge is 2.16. The number of hydrogen-bond acceptors (Lipinski definition) is 3. The predicted octanol–water partition coefficient (Wildman–Crippen LogP) is 4.45. The van der Waals surface area contributed by atoms with E-state index in [9.17, 15) is 5.11 Å². The average Bonchev–Trinajstić information content (AvgIpc) is 2.62. The zero-order chi connectivity index (χ0) is 13.3. The van der Waals surface area contributed by atoms with E-state index in [1.165, 1.54) is 11.3 Å². The van der Waals surface area contributed by atoms with E-state index in [-0.39, 0.29) is 0 Å². The summed E-state index contributed by atoms with van der Waals surface area (Å²) < 4.78 is 0.940. The number of hydrogen-bond donors (Lipinski definition) is 1. The van der Waals surface area contributed by atoms with Gasteiger partial charge < -0.3 is 5.11 Å². The molecule has 2 nitrogen and oxygen atoms in total. The Morgan fingerprint density at radius 2 is 2.17 bits per heavy atom. The van der Waals surface area contributed by atoms with Crippen LogP contribution in [0.5, 0.6) is 0 Å². The van der Waals surface area contributed by atoms with Crippen LogP contribution in [-0.4, -0.2) is 10.1 Å². The van der Waals surface area contributed by atoms with E-state index in [0.717, 1.165) is 25.6 Å². The van der Waals surface area contributed by atoms with Crippen molar-refractivity contribution >= 4 is 38.9 Å². The number of thiazole rings is 1. The number of halogens is 2. The van der Waals surface area contributed by atoms with Gasteiger partial charge in [0, 0.05) is 15.9 Å². The second-order valence-corrected chi connectivity index (χ2v) is 6.70. The second-order valence-electron chi connectivity index (χ2n) is 4.14. The van der Waals surface area contributed by atoms with Crippen molar-refractivity contribution in [2.75, 3.05) is 0 Å². The van der Waals surface area contributed by atoms with Crippen LogP contribution >= 0.6 is 38.9 Å². The van der Waals surface area contributed by atoms with Crippen LogP contribution in [0.25, 0.3) is 0 Å². The van der Waals surface area contributed by atoms with Gasteiger partial charge in [-0.2, -0.15) is 0 Å². The van der Waals surface area contributed by atoms with Gasteiger partial charge in [0.15, 0.2) is 0 Å². The Kier molecular flexibility index (Phi) is 4.43. The minimum absolute atomic E-state index is 0.509. The molecular weight excluding hydrogens is 334 g/mol. The molecule has 0 saturated carbocycles. The molecule has 96 valence electrons. The molecule has 1 heterocycles. The van der Waals surface area contributed by atoms with Crippen molar-refractivity contribution in [2.45, 2.75) is 26.4 Å². The molecule has 18 heavy (non-hydrogen) atoms. The fourth-order valence-corrected chi connectivity index (χ4v) is 3.51. The molecule has 0 spiro atoms. The number of nitrogens with zero attached hydrogens (tertiary/aromatic N) is 1. The molecule has 0 saturated heterocycles. The minimum Gasteiger partial charge on any atom is -0.387 e. The van der Waals surface area contributed by atoms with Crippen molar-refractivity contribution in [3.05, 3.63) is 48.8 Å². The van der Waals surface area contributed by atoms with Crippen molar-refractivity contribution in [1.82, 2.24) is 4.98 Å². The smallest absolute Gasteiger partial charge is 0.0941 e. The molecule has 1 atom stereocenters. The van der Waals surface area contributed by atoms with Gasteiger partial charge in [-0.25, -0.2) is 4.98 Å². The molecule has 0 bridgehead atoms. The van der Waals surface area contributed by atoms with Gasteiger partial charge in [-0.1, -0.05) is 33.6 Å². The first-order chi connectivity index (χ1) is 8.47. The van der Waals surface area contributed by atoms with Crippen LogP contribution in [0.4, 0.5) is 0 Å². The lowest BCUT2D eigenvalue weighted by Crippen LogP contribution is -2.02. The molecular formula is C13H13BrClNOS. The monoisotopic (exact) mass is 345 g/mol. The zero-order valence-corrected chi connectivity index (χ0v) is 13.2. The molecule has 2 aromatic rings. The maximum atomic E-state index is 10.3. The number of aromatic nitrogens is 1. The van der Waals surface area contributed by atoms with Crippen molar-refractivity contribution < 1.29 is 5.11 Å². The van der Waals surface area contributed by atoms with Crippen molar-refractivity contribution in [3.8, 4) is 0 Å². The van der Waals surface area contributed by atoms with Gasteiger partial charge >= 0.3 is 0 Å². The Balaban J connectivity index is 2.21. The van der Waals surface area contributed by atoms with Crippen LogP contribution in [0.3, 0.4) is 0 Å². The Labute approximate surface area is 124 Å². The summed E-state index contributed by atoms with van der Waals surface area (Å²) in [5, 5.41) is 11.9. The standard InChI is InChI=1S/C13H13BrClNOS/c1-7-13(18-8(2)16-7)12(17)5-9-3-4-10(14)6-11(9)15/h3-4,6,12,17H,5H2,1-2H3. The molecule has 1 N–H and O–H groups in total. The Bertz CT molecular complexity index is 570. The highest BCUT2D eigenvalue weighted by atomic mass is 79.9. The van der Waals surface area contributed by atoms with Crippen molar-refractivity contribution in [2.24, 2.45) is 0 Å². The number of aliphatic hydroxyl groups excluding tert-OH is 1. The molecule has 0 aliphatic heterocycles. The number of benzene rings is 1. The summed E-state index contributed by atoms with van der Waals surface area (Å²) in [6.45, 7) is 3.87. The van der Waals surface area contributed by atoms with Crippen LogP contribution in [-0.2, 0) is 6.42 Å². The van der Waals surface area contributed by atoms with Crippen molar-refractivity contribution in [1.29, 1.82) is 0 Å². The third kappa shape index (κ3) is 3.12. The van der Waals surface area contributed by atoms with Crippen LogP contribution in [0.1, 0.15) is 27.2 Å². The molecule has 0 aliphatic rings. The summed E-state index contributed by atoms with van der Waals surface area (Å²) in [5.74, 6) is 0. The Hall–Kier alpha value is -0.420. The molecule has 5 heteroatoms. The first-order valence-corrected chi connectivity index (χ1v) is 7.52. The summed E-state index contributed by atoms with van der Waals surface area (Å²) in [6, 6.07) is 5.70. The topological polar surface area (TPSA) is 33.1 Å². The van der Waals surface area contributed by atoms with Gasteiger partial charge in [-0.05, 0) is 31.5 Å². The molecule has 0 aliphatic carbocycles. The zero-order valence-electron chi connectivity index (χ0n) is 10.1. The van der Waals surface area contributed by atoms with E-state index in [1.54, 1.807) is 0 Å². The third-order valence-corrected chi connectivity index (χ3v) is 4.69. The quantitative estimate of drug-likeness (QED) is 0.890. The average molecular weight is 347 g/mol. The first-order valence-electron chi connectivity index (χ1n) is 5.53. The summed E-state index contributed by atoms with van der Waals surface area (Å²) in [4.78, 5) is 5.25. The van der Waals surface area contributed by atoms with E-state index in [4.69, 9.17) is 11.6 Å². The lowest BCUT2D eigenvalue weighted by molar-refractivity contribution is 0.181. The third-order valence-electron chi connectivity index (χ3n) is 2.67. The van der Waals surface area contributed by atoms with Crippen molar-refractivity contribution in [3.63, 3.8) is 0 Å². The first kappa shape index (κ1) is 14.0. The summed E-state index contributed by atoms with van der Waals surface area (Å²) >= 11 is 11.1. The van der Waals surface area contributed by atoms with Crippen LogP contribution in [0.2, 0.25) is 5.02 Å².